The minimum atomic E-state index is -4.47. The lowest BCUT2D eigenvalue weighted by Crippen LogP contribution is -2.46. The minimum Gasteiger partial charge on any atom is -0.495 e. The molecule has 3 aromatic heterocycles. The van der Waals surface area contributed by atoms with Crippen molar-refractivity contribution in [3.8, 4) is 52.8 Å². The smallest absolute Gasteiger partial charge is 0.406 e. The molecule has 36 heteroatoms. The Kier molecular flexibility index (Phi) is 38.4. The van der Waals surface area contributed by atoms with Crippen LogP contribution in [0.3, 0.4) is 0 Å². The normalized spacial score (nSPS) is 17.1. The molecule has 2 amide bonds. The largest absolute Gasteiger partial charge is 0.495 e. The number of methoxy groups -OCH3 is 5. The summed E-state index contributed by atoms with van der Waals surface area (Å²) in [5.74, 6) is 16.8. The summed E-state index contributed by atoms with van der Waals surface area (Å²) in [6.07, 6.45) is -13.7. The molecule has 10 N–H and O–H groups in total. The monoisotopic (exact) mass is 1800 g/mol. The average Bonchev–Trinajstić information content (AvgIpc) is 1.65. The molecule has 0 spiro atoms. The number of halogens is 12. The van der Waals surface area contributed by atoms with Crippen LogP contribution in [0.4, 0.5) is 86.8 Å². The van der Waals surface area contributed by atoms with Crippen molar-refractivity contribution < 1.29 is 95.9 Å². The first kappa shape index (κ1) is 102. The number of nitrogens with zero attached hydrogens (tertiary/aromatic N) is 7. The maximum atomic E-state index is 14.7. The summed E-state index contributed by atoms with van der Waals surface area (Å²) >= 11 is 0. The van der Waals surface area contributed by atoms with Gasteiger partial charge in [0.1, 0.15) is 55.4 Å². The molecule has 24 nitrogen and oxygen atoms in total. The van der Waals surface area contributed by atoms with E-state index in [2.05, 4.69) is 91.3 Å². The minimum absolute atomic E-state index is 0.0545. The molecule has 3 aliphatic heterocycles. The Morgan fingerprint density at radius 3 is 1.08 bits per heavy atom. The van der Waals surface area contributed by atoms with Gasteiger partial charge >= 0.3 is 24.5 Å². The lowest BCUT2D eigenvalue weighted by molar-refractivity contribution is -0.140. The van der Waals surface area contributed by atoms with Crippen LogP contribution in [0, 0.1) is 35.5 Å². The predicted molar refractivity (Wildman–Crippen MR) is 478 cm³/mol. The Labute approximate surface area is 737 Å². The van der Waals surface area contributed by atoms with Gasteiger partial charge in [-0.1, -0.05) is 56.2 Å². The van der Waals surface area contributed by atoms with Crippen LogP contribution in [0.5, 0.6) is 17.2 Å². The van der Waals surface area contributed by atoms with Gasteiger partial charge in [0.25, 0.3) is 11.8 Å². The van der Waals surface area contributed by atoms with E-state index < -0.39 is 80.8 Å². The van der Waals surface area contributed by atoms with E-state index in [1.54, 1.807) is 138 Å². The third-order valence-corrected chi connectivity index (χ3v) is 20.5. The Morgan fingerprint density at radius 2 is 0.789 bits per heavy atom. The zero-order valence-electron chi connectivity index (χ0n) is 73.7. The number of ether oxygens (including phenoxy) is 5. The highest BCUT2D eigenvalue weighted by Crippen LogP contribution is 2.37. The number of rotatable bonds is 26. The fourth-order valence-corrected chi connectivity index (χ4v) is 14.3. The average molecular weight is 1800 g/mol. The summed E-state index contributed by atoms with van der Waals surface area (Å²) in [6, 6.07) is 32.6. The molecule has 0 bridgehead atoms. The molecule has 0 unspecified atom stereocenters. The molecular weight excluding hydrogens is 1690 g/mol. The quantitative estimate of drug-likeness (QED) is 0.0139. The number of anilines is 6. The number of fused-ring (bicyclic) bond motifs is 3. The van der Waals surface area contributed by atoms with Gasteiger partial charge in [-0.15, -0.1) is 0 Å². The second-order valence-electron chi connectivity index (χ2n) is 30.8. The number of amides is 2. The third kappa shape index (κ3) is 29.9. The number of likely N-dealkylation sites (tertiary alicyclic amines) is 3. The van der Waals surface area contributed by atoms with Crippen molar-refractivity contribution in [1.82, 2.24) is 38.6 Å². The molecule has 3 saturated heterocycles. The third-order valence-electron chi connectivity index (χ3n) is 20.5. The number of piperidine rings is 3. The molecule has 0 saturated carbocycles. The van der Waals surface area contributed by atoms with E-state index in [1.807, 2.05) is 35.8 Å². The van der Waals surface area contributed by atoms with Crippen LogP contribution in [0.15, 0.2) is 127 Å². The summed E-state index contributed by atoms with van der Waals surface area (Å²) in [4.78, 5) is 42.9. The first-order valence-corrected chi connectivity index (χ1v) is 41.4. The summed E-state index contributed by atoms with van der Waals surface area (Å²) in [5.41, 5.74) is 10.9. The number of carbonyl (C=O) groups is 3. The van der Waals surface area contributed by atoms with E-state index in [4.69, 9.17) is 29.8 Å². The Hall–Kier alpha value is -11.9. The lowest BCUT2D eigenvalue weighted by atomic mass is 10.0. The number of carbonyl (C=O) groups excluding carboxylic acids is 2. The van der Waals surface area contributed by atoms with Gasteiger partial charge in [0.05, 0.1) is 129 Å². The molecule has 128 heavy (non-hydrogen) atoms. The van der Waals surface area contributed by atoms with Crippen molar-refractivity contribution in [2.75, 3.05) is 188 Å². The number of hydrogen-bond acceptors (Lipinski definition) is 18. The van der Waals surface area contributed by atoms with E-state index in [0.29, 0.717) is 154 Å². The van der Waals surface area contributed by atoms with Gasteiger partial charge in [-0.25, -0.2) is 18.0 Å². The van der Waals surface area contributed by atoms with Crippen LogP contribution >= 0.6 is 0 Å². The summed E-state index contributed by atoms with van der Waals surface area (Å²) in [5, 5.41) is 32.3. The number of aromatic nitrogens is 3. The number of nitrogens with two attached hydrogens (primary N) is 1. The van der Waals surface area contributed by atoms with Crippen molar-refractivity contribution in [2.45, 2.75) is 114 Å². The van der Waals surface area contributed by atoms with Crippen LogP contribution in [-0.4, -0.2) is 267 Å². The maximum absolute atomic E-state index is 14.7. The van der Waals surface area contributed by atoms with Gasteiger partial charge in [-0.2, -0.15) is 39.5 Å². The molecule has 12 rings (SSSR count). The molecule has 3 aliphatic rings. The first-order valence-electron chi connectivity index (χ1n) is 41.4. The number of carboxylic acid groups (broad SMARTS) is 1. The maximum Gasteiger partial charge on any atom is 0.406 e. The van der Waals surface area contributed by atoms with Crippen LogP contribution < -0.4 is 57.2 Å². The molecule has 9 aromatic rings. The molecule has 6 aromatic carbocycles. The first-order chi connectivity index (χ1) is 60.9. The summed E-state index contributed by atoms with van der Waals surface area (Å²) in [7, 11) is 16.4. The van der Waals surface area contributed by atoms with Crippen LogP contribution in [-0.2, 0) is 29.1 Å². The highest BCUT2D eigenvalue weighted by molar-refractivity contribution is 5.98. The number of carboxylic acids is 1. The van der Waals surface area contributed by atoms with Gasteiger partial charge in [-0.05, 0) is 167 Å². The van der Waals surface area contributed by atoms with E-state index in [9.17, 15) is 67.1 Å². The molecule has 6 atom stereocenters. The highest BCUT2D eigenvalue weighted by Gasteiger charge is 2.36. The number of aromatic carboxylic acids is 1. The zero-order chi connectivity index (χ0) is 93.6. The van der Waals surface area contributed by atoms with Gasteiger partial charge < -0.3 is 105 Å². The predicted octanol–water partition coefficient (Wildman–Crippen LogP) is 15.2. The van der Waals surface area contributed by atoms with Crippen LogP contribution in [0.1, 0.15) is 87.7 Å². The number of benzene rings is 6. The van der Waals surface area contributed by atoms with E-state index in [0.717, 1.165) is 33.3 Å². The van der Waals surface area contributed by atoms with E-state index in [-0.39, 0.29) is 60.6 Å². The Balaban J connectivity index is 0.000000227. The van der Waals surface area contributed by atoms with Gasteiger partial charge in [0, 0.05) is 125 Å². The number of alkyl halides is 12. The fourth-order valence-electron chi connectivity index (χ4n) is 14.3. The standard InChI is InChI=1S/C30H35F4N5O3.C29H33F4N5O2.C27H28F4N4O3.C3H9NO.C3H8/c1-38-14-11-25(23(31)18-38)37-24-7-4-8-27-22(24)17-21(39(27)19-30(32,33)34)6-5-12-35-26-10-9-20(16-28(26)42-3)29(40)36-13-15-41-2;1-36(2)28(39)19-10-11-25(27(15-19)40-4)34-13-6-7-20-16-21-23(35-24-12-14-37(3)17-22(24)30)8-5-9-26(21)38(20)18-29(31,32)33;1-34-12-10-22(20(28)15-34)33-21-6-3-7-24-19(21)14-18(35(24)16-27(29,30)31)5-4-11-32-23-9-8-17(26(36)37)13-25(23)38-2;1-5-3-2-4;1-3-2/h4,7-10,16-17,23,25,35,37H,11-15,18-19H2,1-3H3,(H,36,40);5,8-11,15-16,22,24,34-35H,12-14,17-18H2,1-4H3;3,6-9,13-14,20,22,32-33H,10-12,15-16H2,1-2H3,(H,36,37);2-4H2,1H3;3H2,1-2H3/t23-,25+;22-,24+;20-,22+;;/m111../s1. The summed E-state index contributed by atoms with van der Waals surface area (Å²) < 4.78 is 195. The SMILES string of the molecule is CCC.COCCN.COCCNC(=O)c1ccc(NCC#Cc2cc3c(N[C@H]4CCN(C)C[C@H]4F)cccc3n2CC(F)(F)F)c(OC)c1.COc1cc(C(=O)N(C)C)ccc1NCC#Cc1cc2c(N[C@H]3CCN(C)C[C@H]3F)cccc2n1CC(F)(F)F.COc1cc(C(=O)O)ccc1NCC#Cc1cc2c(N[C@H]3CCN(C)C[C@H]3F)cccc2n1CC(F)(F)F. The number of nitrogens with one attached hydrogen (secondary N) is 7. The van der Waals surface area contributed by atoms with Crippen molar-refractivity contribution in [3.63, 3.8) is 0 Å². The second-order valence-corrected chi connectivity index (χ2v) is 30.8. The lowest BCUT2D eigenvalue weighted by Gasteiger charge is -2.33. The molecule has 6 heterocycles. The highest BCUT2D eigenvalue weighted by atomic mass is 19.4. The van der Waals surface area contributed by atoms with Crippen molar-refractivity contribution >= 4 is 84.6 Å². The molecule has 0 radical (unpaired) electrons. The fraction of sp³-hybridized carbons (Fsp3) is 0.446. The molecule has 694 valence electrons. The van der Waals surface area contributed by atoms with Crippen LogP contribution in [0.25, 0.3) is 32.7 Å². The summed E-state index contributed by atoms with van der Waals surface area (Å²) in [6.45, 7) is 6.00. The number of hydrogen-bond donors (Lipinski definition) is 9. The van der Waals surface area contributed by atoms with E-state index >= 15 is 0 Å². The van der Waals surface area contributed by atoms with Crippen molar-refractivity contribution in [1.29, 1.82) is 0 Å². The van der Waals surface area contributed by atoms with Crippen molar-refractivity contribution in [2.24, 2.45) is 5.73 Å². The zero-order valence-corrected chi connectivity index (χ0v) is 73.7. The molecular formula is C92H113F12N15O9. The second kappa shape index (κ2) is 48.4. The topological polar surface area (TPSA) is 256 Å². The van der Waals surface area contributed by atoms with Gasteiger partial charge in [0.2, 0.25) is 0 Å². The molecule has 0 aliphatic carbocycles. The van der Waals surface area contributed by atoms with E-state index in [1.165, 1.54) is 50.8 Å². The van der Waals surface area contributed by atoms with Crippen molar-refractivity contribution in [3.05, 3.63) is 161 Å². The Bertz CT molecular complexity index is 5350. The Morgan fingerprint density at radius 1 is 0.469 bits per heavy atom. The van der Waals surface area contributed by atoms with Crippen LogP contribution in [0.2, 0.25) is 0 Å². The van der Waals surface area contributed by atoms with Gasteiger partial charge in [0.15, 0.2) is 0 Å². The van der Waals surface area contributed by atoms with Gasteiger partial charge in [-0.3, -0.25) is 9.59 Å². The molecule has 3 fully saturated rings.